The number of rotatable bonds is 4. The van der Waals surface area contributed by atoms with Crippen LogP contribution in [-0.2, 0) is 28.5 Å². The van der Waals surface area contributed by atoms with Gasteiger partial charge in [-0.15, -0.1) is 11.8 Å². The Morgan fingerprint density at radius 3 is 2.35 bits per heavy atom. The van der Waals surface area contributed by atoms with Crippen molar-refractivity contribution in [2.45, 2.75) is 55.7 Å². The van der Waals surface area contributed by atoms with Crippen LogP contribution in [0.1, 0.15) is 27.7 Å². The van der Waals surface area contributed by atoms with Crippen molar-refractivity contribution >= 4 is 29.8 Å². The highest BCUT2D eigenvalue weighted by atomic mass is 32.2. The van der Waals surface area contributed by atoms with Crippen molar-refractivity contribution in [3.8, 4) is 0 Å². The van der Waals surface area contributed by atoms with Gasteiger partial charge in [-0.3, -0.25) is 4.79 Å². The number of nitrogens with zero attached hydrogens (tertiary/aromatic N) is 1. The maximum Gasteiger partial charge on any atom is 0.511 e. The zero-order valence-corrected chi connectivity index (χ0v) is 14.8. The Balaban J connectivity index is 2.12. The summed E-state index contributed by atoms with van der Waals surface area (Å²) in [6.45, 7) is 6.56. The molecule has 3 atom stereocenters. The van der Waals surface area contributed by atoms with E-state index in [1.165, 1.54) is 37.6 Å². The summed E-state index contributed by atoms with van der Waals surface area (Å²) in [5.41, 5.74) is 0. The van der Waals surface area contributed by atoms with Gasteiger partial charge in [-0.1, -0.05) is 0 Å². The normalized spacial score (nSPS) is 28.7. The molecule has 0 aromatic rings. The molecule has 23 heavy (non-hydrogen) atoms. The van der Waals surface area contributed by atoms with E-state index in [0.29, 0.717) is 0 Å². The lowest BCUT2D eigenvalue weighted by atomic mass is 9.97. The van der Waals surface area contributed by atoms with E-state index in [2.05, 4.69) is 4.74 Å². The summed E-state index contributed by atoms with van der Waals surface area (Å²) in [5, 5.41) is -0.218. The highest BCUT2D eigenvalue weighted by Gasteiger charge is 2.64. The van der Waals surface area contributed by atoms with Gasteiger partial charge in [0.1, 0.15) is 11.4 Å². The van der Waals surface area contributed by atoms with Crippen molar-refractivity contribution in [3.63, 3.8) is 0 Å². The van der Waals surface area contributed by atoms with Gasteiger partial charge in [0.2, 0.25) is 0 Å². The van der Waals surface area contributed by atoms with Gasteiger partial charge in [0.05, 0.1) is 7.11 Å². The zero-order valence-electron chi connectivity index (χ0n) is 13.9. The number of β-lactam (4-membered cyclic amide) rings is 1. The number of methoxy groups -OCH3 is 2. The molecule has 2 aliphatic heterocycles. The quantitative estimate of drug-likeness (QED) is 0.424. The minimum atomic E-state index is -1.50. The van der Waals surface area contributed by atoms with Crippen molar-refractivity contribution < 1.29 is 33.3 Å². The third-order valence-electron chi connectivity index (χ3n) is 3.71. The molecular formula is C14H21NO7S. The minimum Gasteiger partial charge on any atom is -0.438 e. The molecule has 0 aromatic carbocycles. The number of thioether (sulfide) groups is 1. The first-order valence-electron chi connectivity index (χ1n) is 7.06. The number of esters is 1. The van der Waals surface area contributed by atoms with E-state index in [1.807, 2.05) is 13.8 Å². The Kier molecular flexibility index (Phi) is 4.55. The van der Waals surface area contributed by atoms with Gasteiger partial charge in [-0.2, -0.15) is 0 Å². The smallest absolute Gasteiger partial charge is 0.438 e. The van der Waals surface area contributed by atoms with Crippen LogP contribution < -0.4 is 0 Å². The molecule has 0 spiro atoms. The van der Waals surface area contributed by atoms with Crippen LogP contribution in [0.2, 0.25) is 0 Å². The molecule has 8 nitrogen and oxygen atoms in total. The fraction of sp³-hybridized carbons (Fsp3) is 0.786. The van der Waals surface area contributed by atoms with Gasteiger partial charge in [-0.25, -0.2) is 9.59 Å². The summed E-state index contributed by atoms with van der Waals surface area (Å²) in [6.07, 6.45) is -1.50. The van der Waals surface area contributed by atoms with E-state index in [0.717, 1.165) is 7.11 Å². The summed E-state index contributed by atoms with van der Waals surface area (Å²) < 4.78 is 19.2. The molecule has 0 unspecified atom stereocenters. The molecule has 0 bridgehead atoms. The van der Waals surface area contributed by atoms with Crippen LogP contribution >= 0.6 is 11.8 Å². The summed E-state index contributed by atoms with van der Waals surface area (Å²) in [6, 6.07) is -0.781. The Morgan fingerprint density at radius 2 is 1.83 bits per heavy atom. The molecule has 0 aromatic heterocycles. The molecule has 2 fully saturated rings. The molecule has 0 saturated carbocycles. The van der Waals surface area contributed by atoms with Crippen molar-refractivity contribution in [2.75, 3.05) is 14.2 Å². The van der Waals surface area contributed by atoms with Crippen LogP contribution in [0.25, 0.3) is 0 Å². The highest BCUT2D eigenvalue weighted by molar-refractivity contribution is 8.01. The molecule has 1 amide bonds. The maximum atomic E-state index is 12.6. The van der Waals surface area contributed by atoms with Crippen LogP contribution in [0.5, 0.6) is 0 Å². The number of hydrogen-bond acceptors (Lipinski definition) is 8. The molecule has 0 N–H and O–H groups in total. The summed E-state index contributed by atoms with van der Waals surface area (Å²) >= 11 is 1.48. The Bertz CT molecular complexity index is 533. The second-order valence-corrected chi connectivity index (χ2v) is 8.06. The first kappa shape index (κ1) is 17.9. The summed E-state index contributed by atoms with van der Waals surface area (Å²) in [5.74, 6) is -2.39. The predicted octanol–water partition coefficient (Wildman–Crippen LogP) is 1.13. The fourth-order valence-corrected chi connectivity index (χ4v) is 4.39. The molecule has 2 heterocycles. The highest BCUT2D eigenvalue weighted by Crippen LogP contribution is 2.51. The van der Waals surface area contributed by atoms with E-state index in [9.17, 15) is 14.4 Å². The molecule has 2 aliphatic rings. The van der Waals surface area contributed by atoms with Crippen molar-refractivity contribution in [2.24, 2.45) is 0 Å². The molecule has 2 saturated heterocycles. The van der Waals surface area contributed by atoms with Gasteiger partial charge >= 0.3 is 12.1 Å². The van der Waals surface area contributed by atoms with E-state index in [-0.39, 0.29) is 11.3 Å². The minimum absolute atomic E-state index is 0.218. The van der Waals surface area contributed by atoms with E-state index < -0.39 is 34.8 Å². The number of carbonyl (C=O) groups excluding carboxylic acids is 3. The topological polar surface area (TPSA) is 91.4 Å². The predicted molar refractivity (Wildman–Crippen MR) is 80.6 cm³/mol. The molecule has 9 heteroatoms. The van der Waals surface area contributed by atoms with Crippen LogP contribution in [0.4, 0.5) is 4.79 Å². The monoisotopic (exact) mass is 347 g/mol. The number of carbonyl (C=O) groups is 3. The van der Waals surface area contributed by atoms with E-state index in [4.69, 9.17) is 14.2 Å². The second kappa shape index (κ2) is 5.86. The van der Waals surface area contributed by atoms with Gasteiger partial charge < -0.3 is 23.8 Å². The largest absolute Gasteiger partial charge is 0.511 e. The van der Waals surface area contributed by atoms with Crippen LogP contribution in [-0.4, -0.2) is 65.2 Å². The lowest BCUT2D eigenvalue weighted by Gasteiger charge is -2.43. The van der Waals surface area contributed by atoms with Gasteiger partial charge in [0.15, 0.2) is 6.10 Å². The number of hydrogen-bond donors (Lipinski definition) is 0. The first-order chi connectivity index (χ1) is 10.5. The maximum absolute atomic E-state index is 12.6. The zero-order chi connectivity index (χ0) is 17.6. The van der Waals surface area contributed by atoms with Crippen LogP contribution in [0, 0.1) is 0 Å². The molecular weight excluding hydrogens is 326 g/mol. The molecule has 130 valence electrons. The first-order valence-corrected chi connectivity index (χ1v) is 7.94. The number of fused-ring (bicyclic) bond motifs is 1. The van der Waals surface area contributed by atoms with Gasteiger partial charge in [0, 0.05) is 25.7 Å². The molecule has 0 aliphatic carbocycles. The lowest BCUT2D eigenvalue weighted by Crippen LogP contribution is -2.66. The third kappa shape index (κ3) is 3.12. The lowest BCUT2D eigenvalue weighted by molar-refractivity contribution is -0.210. The van der Waals surface area contributed by atoms with Gasteiger partial charge in [0.25, 0.3) is 11.7 Å². The molecule has 0 radical (unpaired) electrons. The standard InChI is InChI=1S/C14H21NO7S/c1-13(2)8(15-9(16)7(19-5)10(15)23-13)11(17)21-14(3,4)22-12(18)20-6/h7-8,10H,1-6H3/t7-,8+,10-/m1/s1. The van der Waals surface area contributed by atoms with E-state index >= 15 is 0 Å². The van der Waals surface area contributed by atoms with Crippen LogP contribution in [0.15, 0.2) is 0 Å². The number of amides is 1. The number of ether oxygens (including phenoxy) is 4. The van der Waals surface area contributed by atoms with Crippen molar-refractivity contribution in [1.29, 1.82) is 0 Å². The second-order valence-electron chi connectivity index (χ2n) is 6.29. The SMILES string of the molecule is COC(=O)OC(C)(C)OC(=O)[C@@H]1N2C(=O)[C@@H](OC)[C@H]2SC1(C)C. The summed E-state index contributed by atoms with van der Waals surface area (Å²) in [7, 11) is 2.62. The Labute approximate surface area is 138 Å². The molecule has 2 rings (SSSR count). The average Bonchev–Trinajstić information content (AvgIpc) is 2.66. The van der Waals surface area contributed by atoms with Crippen molar-refractivity contribution in [1.82, 2.24) is 4.90 Å². The van der Waals surface area contributed by atoms with Gasteiger partial charge in [-0.05, 0) is 13.8 Å². The summed E-state index contributed by atoms with van der Waals surface area (Å²) in [4.78, 5) is 37.4. The Hall–Kier alpha value is -1.48. The van der Waals surface area contributed by atoms with Crippen molar-refractivity contribution in [3.05, 3.63) is 0 Å². The fourth-order valence-electron chi connectivity index (χ4n) is 2.74. The van der Waals surface area contributed by atoms with E-state index in [1.54, 1.807) is 0 Å². The van der Waals surface area contributed by atoms with Crippen LogP contribution in [0.3, 0.4) is 0 Å². The Morgan fingerprint density at radius 1 is 1.22 bits per heavy atom. The third-order valence-corrected chi connectivity index (χ3v) is 5.26. The average molecular weight is 347 g/mol.